The second-order valence-electron chi connectivity index (χ2n) is 9.61. The van der Waals surface area contributed by atoms with Crippen LogP contribution in [0.25, 0.3) is 10.9 Å². The van der Waals surface area contributed by atoms with Crippen LogP contribution >= 0.6 is 0 Å². The van der Waals surface area contributed by atoms with Crippen molar-refractivity contribution in [1.29, 1.82) is 0 Å². The topological polar surface area (TPSA) is 88.6 Å². The monoisotopic (exact) mass is 501 g/mol. The minimum atomic E-state index is 0.0147. The molecule has 2 aromatic carbocycles. The van der Waals surface area contributed by atoms with E-state index in [1.54, 1.807) is 12.4 Å². The molecule has 1 amide bonds. The van der Waals surface area contributed by atoms with Crippen molar-refractivity contribution in [3.63, 3.8) is 0 Å². The molecule has 1 aliphatic carbocycles. The van der Waals surface area contributed by atoms with Gasteiger partial charge in [0, 0.05) is 43.2 Å². The van der Waals surface area contributed by atoms with Gasteiger partial charge >= 0.3 is 0 Å². The molecule has 5 rings (SSSR count). The van der Waals surface area contributed by atoms with E-state index in [9.17, 15) is 4.79 Å². The van der Waals surface area contributed by atoms with Gasteiger partial charge in [0.25, 0.3) is 0 Å². The summed E-state index contributed by atoms with van der Waals surface area (Å²) in [7, 11) is 0. The maximum Gasteiger partial charge on any atom is 0.246 e. The Hall–Kier alpha value is -3.65. The zero-order valence-corrected chi connectivity index (χ0v) is 21.4. The first kappa shape index (κ1) is 25.0. The van der Waals surface area contributed by atoms with Gasteiger partial charge in [0.1, 0.15) is 17.9 Å². The van der Waals surface area contributed by atoms with Gasteiger partial charge in [0.2, 0.25) is 5.91 Å². The predicted octanol–water partition coefficient (Wildman–Crippen LogP) is 4.95. The van der Waals surface area contributed by atoms with Crippen LogP contribution in [0.3, 0.4) is 0 Å². The first-order chi connectivity index (χ1) is 18.2. The minimum Gasteiger partial charge on any atom is -0.488 e. The van der Waals surface area contributed by atoms with Crippen molar-refractivity contribution in [3.8, 4) is 5.75 Å². The second kappa shape index (κ2) is 12.1. The fourth-order valence-electron chi connectivity index (χ4n) is 4.87. The van der Waals surface area contributed by atoms with Crippen LogP contribution in [0.15, 0.2) is 60.9 Å². The average Bonchev–Trinajstić information content (AvgIpc) is 3.45. The van der Waals surface area contributed by atoms with Gasteiger partial charge in [-0.1, -0.05) is 36.4 Å². The number of ether oxygens (including phenoxy) is 2. The van der Waals surface area contributed by atoms with Crippen molar-refractivity contribution in [2.45, 2.75) is 44.8 Å². The Bertz CT molecular complexity index is 1220. The molecule has 1 saturated heterocycles. The summed E-state index contributed by atoms with van der Waals surface area (Å²) in [5, 5.41) is 7.92. The maximum atomic E-state index is 12.5. The highest BCUT2D eigenvalue weighted by atomic mass is 16.5. The third-order valence-electron chi connectivity index (χ3n) is 6.98. The van der Waals surface area contributed by atoms with E-state index < -0.39 is 0 Å². The molecule has 0 unspecified atom stereocenters. The number of hydrogen-bond acceptors (Lipinski definition) is 7. The van der Waals surface area contributed by atoms with Crippen molar-refractivity contribution < 1.29 is 14.3 Å². The number of carbonyl (C=O) groups is 1. The van der Waals surface area contributed by atoms with Gasteiger partial charge in [0.15, 0.2) is 0 Å². The predicted molar refractivity (Wildman–Crippen MR) is 146 cm³/mol. The molecule has 0 radical (unpaired) electrons. The number of rotatable bonds is 9. The fourth-order valence-corrected chi connectivity index (χ4v) is 4.87. The van der Waals surface area contributed by atoms with Crippen molar-refractivity contribution in [1.82, 2.24) is 14.9 Å². The molecule has 1 saturated carbocycles. The van der Waals surface area contributed by atoms with Gasteiger partial charge in [-0.15, -0.1) is 0 Å². The number of hydrogen-bond donors (Lipinski definition) is 2. The Morgan fingerprint density at radius 1 is 1.16 bits per heavy atom. The summed E-state index contributed by atoms with van der Waals surface area (Å²) in [6.45, 7) is 5.08. The van der Waals surface area contributed by atoms with Gasteiger partial charge in [-0.25, -0.2) is 9.97 Å². The van der Waals surface area contributed by atoms with Crippen LogP contribution in [-0.2, 0) is 9.53 Å². The largest absolute Gasteiger partial charge is 0.488 e. The van der Waals surface area contributed by atoms with Gasteiger partial charge < -0.3 is 25.0 Å². The summed E-state index contributed by atoms with van der Waals surface area (Å²) in [6.07, 6.45) is 9.83. The lowest BCUT2D eigenvalue weighted by atomic mass is 10.1. The van der Waals surface area contributed by atoms with Crippen LogP contribution in [0, 0.1) is 0 Å². The molecule has 1 atom stereocenters. The highest BCUT2D eigenvalue weighted by Crippen LogP contribution is 2.35. The van der Waals surface area contributed by atoms with E-state index in [1.165, 1.54) is 18.4 Å². The molecule has 2 heterocycles. The molecule has 2 N–H and O–H groups in total. The lowest BCUT2D eigenvalue weighted by molar-refractivity contribution is -0.129. The number of amides is 1. The van der Waals surface area contributed by atoms with Crippen LogP contribution in [0.4, 0.5) is 11.5 Å². The summed E-state index contributed by atoms with van der Waals surface area (Å²) < 4.78 is 11.8. The first-order valence-electron chi connectivity index (χ1n) is 13.2. The first-order valence-corrected chi connectivity index (χ1v) is 13.2. The molecular weight excluding hydrogens is 466 g/mol. The van der Waals surface area contributed by atoms with Gasteiger partial charge in [-0.3, -0.25) is 4.79 Å². The number of aromatic nitrogens is 2. The van der Waals surface area contributed by atoms with Crippen LogP contribution in [0.5, 0.6) is 5.75 Å². The molecule has 0 bridgehead atoms. The average molecular weight is 502 g/mol. The molecule has 1 aliphatic heterocycles. The third kappa shape index (κ3) is 6.38. The Kier molecular flexibility index (Phi) is 8.15. The van der Waals surface area contributed by atoms with Crippen LogP contribution < -0.4 is 15.4 Å². The van der Waals surface area contributed by atoms with Crippen molar-refractivity contribution >= 4 is 28.3 Å². The summed E-state index contributed by atoms with van der Waals surface area (Å²) in [5.74, 6) is 1.57. The van der Waals surface area contributed by atoms with E-state index >= 15 is 0 Å². The summed E-state index contributed by atoms with van der Waals surface area (Å²) in [5.41, 5.74) is 2.88. The number of nitrogens with zero attached hydrogens (tertiary/aromatic N) is 3. The summed E-state index contributed by atoms with van der Waals surface area (Å²) in [6, 6.07) is 14.4. The Morgan fingerprint density at radius 3 is 2.73 bits per heavy atom. The molecule has 8 heteroatoms. The number of nitrogens with one attached hydrogen (secondary N) is 2. The molecule has 2 aliphatic rings. The molecule has 194 valence electrons. The molecule has 3 aromatic rings. The second-order valence-corrected chi connectivity index (χ2v) is 9.61. The van der Waals surface area contributed by atoms with E-state index in [-0.39, 0.29) is 18.1 Å². The normalized spacial score (nSPS) is 17.3. The summed E-state index contributed by atoms with van der Waals surface area (Å²) >= 11 is 0. The molecule has 8 nitrogen and oxygen atoms in total. The number of fused-ring (bicyclic) bond motifs is 1. The minimum absolute atomic E-state index is 0.0147. The van der Waals surface area contributed by atoms with Crippen LogP contribution in [-0.4, -0.2) is 59.7 Å². The fraction of sp³-hybridized carbons (Fsp3) is 0.414. The summed E-state index contributed by atoms with van der Waals surface area (Å²) in [4.78, 5) is 23.4. The van der Waals surface area contributed by atoms with E-state index in [1.807, 2.05) is 35.2 Å². The number of morpholine rings is 1. The number of anilines is 2. The highest BCUT2D eigenvalue weighted by molar-refractivity contribution is 5.94. The van der Waals surface area contributed by atoms with Crippen LogP contribution in [0.1, 0.15) is 44.2 Å². The zero-order chi connectivity index (χ0) is 25.5. The molecular formula is C29H35N5O3. The molecule has 37 heavy (non-hydrogen) atoms. The van der Waals surface area contributed by atoms with Crippen molar-refractivity contribution in [2.24, 2.45) is 0 Å². The smallest absolute Gasteiger partial charge is 0.246 e. The Balaban J connectivity index is 1.36. The van der Waals surface area contributed by atoms with E-state index in [2.05, 4.69) is 45.7 Å². The Morgan fingerprint density at radius 2 is 1.95 bits per heavy atom. The molecule has 0 spiro atoms. The van der Waals surface area contributed by atoms with Crippen molar-refractivity contribution in [2.75, 3.05) is 43.5 Å². The molecule has 1 aromatic heterocycles. The Labute approximate surface area is 218 Å². The van der Waals surface area contributed by atoms with Gasteiger partial charge in [-0.2, -0.15) is 0 Å². The lowest BCUT2D eigenvalue weighted by Gasteiger charge is -2.25. The quantitative estimate of drug-likeness (QED) is 0.401. The lowest BCUT2D eigenvalue weighted by Crippen LogP contribution is -2.39. The van der Waals surface area contributed by atoms with Gasteiger partial charge in [0.05, 0.1) is 30.5 Å². The van der Waals surface area contributed by atoms with E-state index in [4.69, 9.17) is 9.47 Å². The number of benzene rings is 2. The third-order valence-corrected chi connectivity index (χ3v) is 6.98. The van der Waals surface area contributed by atoms with Crippen LogP contribution in [0.2, 0.25) is 0 Å². The van der Waals surface area contributed by atoms with E-state index in [0.717, 1.165) is 41.0 Å². The van der Waals surface area contributed by atoms with Gasteiger partial charge in [-0.05, 0) is 44.2 Å². The van der Waals surface area contributed by atoms with Crippen molar-refractivity contribution in [3.05, 3.63) is 66.5 Å². The molecule has 2 fully saturated rings. The van der Waals surface area contributed by atoms with E-state index in [0.29, 0.717) is 32.8 Å². The standard InChI is InChI=1S/C29H35N5O3/c1-21(22-8-3-2-4-9-22)33-29-24-18-26(30-13-7-12-28(35)34-14-16-36-17-15-34)27(19-25(24)31-20-32-29)37-23-10-5-6-11-23/h2-4,7-9,12,18-21,23,30H,5-6,10-11,13-17H2,1H3,(H,31,32,33)/t21-/m1/s1. The number of carbonyl (C=O) groups excluding carboxylic acids is 1. The zero-order valence-electron chi connectivity index (χ0n) is 21.4. The highest BCUT2D eigenvalue weighted by Gasteiger charge is 2.20. The SMILES string of the molecule is C[C@@H](Nc1ncnc2cc(OC3CCCC3)c(NCC=CC(=O)N3CCOCC3)cc12)c1ccccc1. The maximum absolute atomic E-state index is 12.5.